The molecule has 1 aromatic heterocycles. The molecule has 6 nitrogen and oxygen atoms in total. The normalized spacial score (nSPS) is 13.7. The first-order chi connectivity index (χ1) is 14.6. The van der Waals surface area contributed by atoms with E-state index in [9.17, 15) is 4.79 Å². The number of H-pyrrole nitrogens is 1. The van der Waals surface area contributed by atoms with Gasteiger partial charge in [0.15, 0.2) is 5.16 Å². The second-order valence-electron chi connectivity index (χ2n) is 7.25. The quantitative estimate of drug-likeness (QED) is 0.462. The summed E-state index contributed by atoms with van der Waals surface area (Å²) in [4.78, 5) is 22.7. The van der Waals surface area contributed by atoms with Crippen molar-refractivity contribution in [2.75, 3.05) is 20.8 Å². The fourth-order valence-electron chi connectivity index (χ4n) is 3.56. The number of nitrogens with one attached hydrogen (secondary N) is 1. The van der Waals surface area contributed by atoms with Gasteiger partial charge in [-0.3, -0.25) is 9.69 Å². The number of hydrogen-bond acceptors (Lipinski definition) is 6. The molecule has 0 unspecified atom stereocenters. The molecule has 2 heterocycles. The lowest BCUT2D eigenvalue weighted by molar-refractivity contribution is 0.241. The van der Waals surface area contributed by atoms with Crippen LogP contribution in [0.2, 0.25) is 0 Å². The number of ether oxygens (including phenoxy) is 2. The van der Waals surface area contributed by atoms with Crippen LogP contribution in [0.5, 0.6) is 11.5 Å². The van der Waals surface area contributed by atoms with Crippen LogP contribution < -0.4 is 15.0 Å². The molecular formula is C23H25N3O3S. The minimum Gasteiger partial charge on any atom is -0.497 e. The molecule has 156 valence electrons. The van der Waals surface area contributed by atoms with E-state index in [0.29, 0.717) is 11.7 Å². The number of rotatable bonds is 7. The van der Waals surface area contributed by atoms with Gasteiger partial charge in [-0.05, 0) is 35.4 Å². The zero-order chi connectivity index (χ0) is 20.9. The predicted octanol–water partition coefficient (Wildman–Crippen LogP) is 3.64. The molecule has 0 radical (unpaired) electrons. The van der Waals surface area contributed by atoms with Gasteiger partial charge in [0.25, 0.3) is 5.56 Å². The third kappa shape index (κ3) is 4.86. The Balaban J connectivity index is 1.42. The van der Waals surface area contributed by atoms with Gasteiger partial charge in [-0.25, -0.2) is 4.98 Å². The van der Waals surface area contributed by atoms with E-state index in [1.54, 1.807) is 14.2 Å². The Morgan fingerprint density at radius 1 is 1.07 bits per heavy atom. The fourth-order valence-corrected chi connectivity index (χ4v) is 4.39. The number of aromatic nitrogens is 2. The minimum absolute atomic E-state index is 0.0347. The first-order valence-electron chi connectivity index (χ1n) is 9.87. The number of nitrogens with zero attached hydrogens (tertiary/aromatic N) is 2. The lowest BCUT2D eigenvalue weighted by Crippen LogP contribution is -2.35. The molecule has 1 aliphatic heterocycles. The van der Waals surface area contributed by atoms with Crippen LogP contribution in [0, 0.1) is 0 Å². The van der Waals surface area contributed by atoms with Gasteiger partial charge in [-0.1, -0.05) is 36.0 Å². The molecule has 0 saturated heterocycles. The molecule has 0 spiro atoms. The molecule has 1 aliphatic rings. The molecule has 3 aromatic rings. The van der Waals surface area contributed by atoms with Crippen molar-refractivity contribution in [1.82, 2.24) is 14.9 Å². The molecule has 0 atom stereocenters. The summed E-state index contributed by atoms with van der Waals surface area (Å²) in [5.74, 6) is 2.40. The summed E-state index contributed by atoms with van der Waals surface area (Å²) in [7, 11) is 3.33. The number of hydrogen-bond donors (Lipinski definition) is 1. The van der Waals surface area contributed by atoms with Crippen molar-refractivity contribution in [3.05, 3.63) is 81.3 Å². The van der Waals surface area contributed by atoms with Gasteiger partial charge < -0.3 is 14.5 Å². The second kappa shape index (κ2) is 9.36. The SMILES string of the molecule is COc1ccc(CN2CCc3nc(SCc4cccc(OC)c4)[nH]c(=O)c3C2)cc1. The van der Waals surface area contributed by atoms with Crippen LogP contribution in [0.3, 0.4) is 0 Å². The summed E-state index contributed by atoms with van der Waals surface area (Å²) < 4.78 is 10.5. The van der Waals surface area contributed by atoms with Gasteiger partial charge in [0.1, 0.15) is 11.5 Å². The molecule has 0 saturated carbocycles. The first-order valence-corrected chi connectivity index (χ1v) is 10.9. The van der Waals surface area contributed by atoms with Crippen molar-refractivity contribution in [3.8, 4) is 11.5 Å². The van der Waals surface area contributed by atoms with Gasteiger partial charge in [-0.15, -0.1) is 0 Å². The fraction of sp³-hybridized carbons (Fsp3) is 0.304. The highest BCUT2D eigenvalue weighted by molar-refractivity contribution is 7.98. The van der Waals surface area contributed by atoms with Gasteiger partial charge >= 0.3 is 0 Å². The Labute approximate surface area is 180 Å². The smallest absolute Gasteiger partial charge is 0.256 e. The zero-order valence-corrected chi connectivity index (χ0v) is 18.0. The first kappa shape index (κ1) is 20.5. The van der Waals surface area contributed by atoms with E-state index in [0.717, 1.165) is 53.6 Å². The number of benzene rings is 2. The molecule has 0 amide bonds. The van der Waals surface area contributed by atoms with Crippen LogP contribution in [0.4, 0.5) is 0 Å². The van der Waals surface area contributed by atoms with E-state index < -0.39 is 0 Å². The Bertz CT molecular complexity index is 1070. The summed E-state index contributed by atoms with van der Waals surface area (Å²) >= 11 is 1.54. The van der Waals surface area contributed by atoms with E-state index >= 15 is 0 Å². The average molecular weight is 424 g/mol. The second-order valence-corrected chi connectivity index (χ2v) is 8.21. The Kier molecular flexibility index (Phi) is 6.40. The van der Waals surface area contributed by atoms with Crippen molar-refractivity contribution in [1.29, 1.82) is 0 Å². The third-order valence-electron chi connectivity index (χ3n) is 5.20. The number of fused-ring (bicyclic) bond motifs is 1. The van der Waals surface area contributed by atoms with Crippen LogP contribution in [-0.2, 0) is 25.3 Å². The van der Waals surface area contributed by atoms with E-state index in [4.69, 9.17) is 14.5 Å². The molecule has 30 heavy (non-hydrogen) atoms. The van der Waals surface area contributed by atoms with Gasteiger partial charge in [0.2, 0.25) is 0 Å². The van der Waals surface area contributed by atoms with E-state index in [2.05, 4.69) is 22.0 Å². The maximum Gasteiger partial charge on any atom is 0.256 e. The molecule has 0 bridgehead atoms. The van der Waals surface area contributed by atoms with Crippen molar-refractivity contribution < 1.29 is 9.47 Å². The maximum absolute atomic E-state index is 12.7. The molecule has 1 N–H and O–H groups in total. The van der Waals surface area contributed by atoms with Crippen LogP contribution in [0.25, 0.3) is 0 Å². The maximum atomic E-state index is 12.7. The van der Waals surface area contributed by atoms with Gasteiger partial charge in [0, 0.05) is 31.8 Å². The lowest BCUT2D eigenvalue weighted by Gasteiger charge is -2.27. The Morgan fingerprint density at radius 2 is 1.87 bits per heavy atom. The largest absolute Gasteiger partial charge is 0.497 e. The van der Waals surface area contributed by atoms with Crippen LogP contribution in [-0.4, -0.2) is 35.6 Å². The highest BCUT2D eigenvalue weighted by atomic mass is 32.2. The van der Waals surface area contributed by atoms with Crippen molar-refractivity contribution >= 4 is 11.8 Å². The molecule has 7 heteroatoms. The molecular weight excluding hydrogens is 398 g/mol. The highest BCUT2D eigenvalue weighted by Crippen LogP contribution is 2.24. The molecule has 2 aromatic carbocycles. The number of methoxy groups -OCH3 is 2. The van der Waals surface area contributed by atoms with Crippen LogP contribution >= 0.6 is 11.8 Å². The average Bonchev–Trinajstić information content (AvgIpc) is 2.79. The summed E-state index contributed by atoms with van der Waals surface area (Å²) in [6.07, 6.45) is 0.780. The lowest BCUT2D eigenvalue weighted by atomic mass is 10.1. The molecule has 0 aliphatic carbocycles. The minimum atomic E-state index is -0.0347. The van der Waals surface area contributed by atoms with Crippen LogP contribution in [0.15, 0.2) is 58.5 Å². The zero-order valence-electron chi connectivity index (χ0n) is 17.2. The van der Waals surface area contributed by atoms with Crippen molar-refractivity contribution in [3.63, 3.8) is 0 Å². The van der Waals surface area contributed by atoms with Crippen molar-refractivity contribution in [2.24, 2.45) is 0 Å². The summed E-state index contributed by atoms with van der Waals surface area (Å²) in [5.41, 5.74) is 3.99. The topological polar surface area (TPSA) is 67.5 Å². The third-order valence-corrected chi connectivity index (χ3v) is 6.15. The van der Waals surface area contributed by atoms with Crippen LogP contribution in [0.1, 0.15) is 22.4 Å². The van der Waals surface area contributed by atoms with Crippen molar-refractivity contribution in [2.45, 2.75) is 30.4 Å². The monoisotopic (exact) mass is 423 g/mol. The van der Waals surface area contributed by atoms with Gasteiger partial charge in [-0.2, -0.15) is 0 Å². The van der Waals surface area contributed by atoms with E-state index in [-0.39, 0.29) is 5.56 Å². The molecule has 4 rings (SSSR count). The summed E-state index contributed by atoms with van der Waals surface area (Å²) in [6.45, 7) is 2.30. The van der Waals surface area contributed by atoms with E-state index in [1.165, 1.54) is 17.3 Å². The number of aromatic amines is 1. The predicted molar refractivity (Wildman–Crippen MR) is 118 cm³/mol. The summed E-state index contributed by atoms with van der Waals surface area (Å²) in [6, 6.07) is 16.0. The standard InChI is InChI=1S/C23H25N3O3S/c1-28-18-8-6-16(7-9-18)13-26-11-10-21-20(14-26)22(27)25-23(24-21)30-15-17-4-3-5-19(12-17)29-2/h3-9,12H,10-11,13-15H2,1-2H3,(H,24,25,27). The Morgan fingerprint density at radius 3 is 2.63 bits per heavy atom. The number of thioether (sulfide) groups is 1. The highest BCUT2D eigenvalue weighted by Gasteiger charge is 2.21. The van der Waals surface area contributed by atoms with Gasteiger partial charge in [0.05, 0.1) is 25.5 Å². The van der Waals surface area contributed by atoms with E-state index in [1.807, 2.05) is 36.4 Å². The summed E-state index contributed by atoms with van der Waals surface area (Å²) in [5, 5.41) is 0.671. The molecule has 0 fully saturated rings. The Hall–Kier alpha value is -2.77.